The van der Waals surface area contributed by atoms with Gasteiger partial charge in [-0.15, -0.1) is 0 Å². The van der Waals surface area contributed by atoms with E-state index in [2.05, 4.69) is 9.97 Å². The number of aryl methyl sites for hydroxylation is 1. The number of anilines is 1. The molecule has 0 unspecified atom stereocenters. The highest BCUT2D eigenvalue weighted by Crippen LogP contribution is 2.22. The zero-order chi connectivity index (χ0) is 13.1. The van der Waals surface area contributed by atoms with Crippen LogP contribution in [0, 0.1) is 18.6 Å². The molecule has 2 rings (SSSR count). The number of nitrogens with two attached hydrogens (primary N) is 1. The average molecular weight is 267 g/mol. The van der Waals surface area contributed by atoms with E-state index in [9.17, 15) is 8.78 Å². The molecule has 2 aromatic rings. The number of nitrogen functional groups attached to an aromatic ring is 1. The van der Waals surface area contributed by atoms with Gasteiger partial charge in [-0.3, -0.25) is 0 Å². The number of thioether (sulfide) groups is 1. The summed E-state index contributed by atoms with van der Waals surface area (Å²) >= 11 is 1.26. The van der Waals surface area contributed by atoms with E-state index < -0.39 is 11.6 Å². The molecule has 0 saturated carbocycles. The quantitative estimate of drug-likeness (QED) is 0.686. The van der Waals surface area contributed by atoms with Crippen LogP contribution in [-0.2, 0) is 5.75 Å². The van der Waals surface area contributed by atoms with Crippen LogP contribution in [0.15, 0.2) is 29.4 Å². The second-order valence-corrected chi connectivity index (χ2v) is 4.68. The second kappa shape index (κ2) is 5.30. The Morgan fingerprint density at radius 1 is 1.22 bits per heavy atom. The van der Waals surface area contributed by atoms with Gasteiger partial charge >= 0.3 is 0 Å². The lowest BCUT2D eigenvalue weighted by molar-refractivity contribution is 0.576. The summed E-state index contributed by atoms with van der Waals surface area (Å²) in [5.41, 5.74) is 6.75. The van der Waals surface area contributed by atoms with Crippen molar-refractivity contribution in [1.82, 2.24) is 9.97 Å². The summed E-state index contributed by atoms with van der Waals surface area (Å²) in [6.07, 6.45) is 0. The SMILES string of the molecule is Cc1cc(N)nc(SCc2ccc(F)cc2F)n1. The summed E-state index contributed by atoms with van der Waals surface area (Å²) in [6.45, 7) is 1.81. The van der Waals surface area contributed by atoms with Crippen LogP contribution in [0.5, 0.6) is 0 Å². The van der Waals surface area contributed by atoms with E-state index in [0.29, 0.717) is 22.3 Å². The first-order chi connectivity index (χ1) is 8.54. The third kappa shape index (κ3) is 3.16. The van der Waals surface area contributed by atoms with E-state index in [4.69, 9.17) is 5.73 Å². The van der Waals surface area contributed by atoms with Crippen molar-refractivity contribution in [2.45, 2.75) is 17.8 Å². The molecule has 2 N–H and O–H groups in total. The lowest BCUT2D eigenvalue weighted by Crippen LogP contribution is -1.97. The fraction of sp³-hybridized carbons (Fsp3) is 0.167. The zero-order valence-electron chi connectivity index (χ0n) is 9.65. The molecule has 0 aliphatic heterocycles. The molecule has 94 valence electrons. The minimum Gasteiger partial charge on any atom is -0.384 e. The minimum absolute atomic E-state index is 0.328. The van der Waals surface area contributed by atoms with Crippen LogP contribution in [-0.4, -0.2) is 9.97 Å². The van der Waals surface area contributed by atoms with Crippen molar-refractivity contribution in [1.29, 1.82) is 0 Å². The van der Waals surface area contributed by atoms with E-state index >= 15 is 0 Å². The Kier molecular flexibility index (Phi) is 3.76. The predicted molar refractivity (Wildman–Crippen MR) is 67.1 cm³/mol. The third-order valence-electron chi connectivity index (χ3n) is 2.23. The first-order valence-corrected chi connectivity index (χ1v) is 6.21. The Balaban J connectivity index is 2.11. The molecule has 0 saturated heterocycles. The fourth-order valence-corrected chi connectivity index (χ4v) is 2.31. The van der Waals surface area contributed by atoms with Gasteiger partial charge in [-0.2, -0.15) is 0 Å². The molecule has 1 aromatic carbocycles. The second-order valence-electron chi connectivity index (χ2n) is 3.74. The molecule has 0 spiro atoms. The predicted octanol–water partition coefficient (Wildman–Crippen LogP) is 2.94. The van der Waals surface area contributed by atoms with Gasteiger partial charge in [-0.25, -0.2) is 18.7 Å². The highest BCUT2D eigenvalue weighted by Gasteiger charge is 2.06. The lowest BCUT2D eigenvalue weighted by atomic mass is 10.2. The van der Waals surface area contributed by atoms with Crippen molar-refractivity contribution in [3.8, 4) is 0 Å². The Hall–Kier alpha value is -1.69. The normalized spacial score (nSPS) is 10.6. The Bertz CT molecular complexity index is 555. The van der Waals surface area contributed by atoms with Crippen LogP contribution in [0.4, 0.5) is 14.6 Å². The van der Waals surface area contributed by atoms with Crippen molar-refractivity contribution in [2.75, 3.05) is 5.73 Å². The number of aromatic nitrogens is 2. The maximum absolute atomic E-state index is 13.4. The highest BCUT2D eigenvalue weighted by atomic mass is 32.2. The molecule has 1 aromatic heterocycles. The van der Waals surface area contributed by atoms with Gasteiger partial charge in [0, 0.05) is 23.6 Å². The van der Waals surface area contributed by atoms with Crippen LogP contribution >= 0.6 is 11.8 Å². The van der Waals surface area contributed by atoms with E-state index in [1.165, 1.54) is 23.9 Å². The summed E-state index contributed by atoms with van der Waals surface area (Å²) in [5, 5.41) is 0.483. The van der Waals surface area contributed by atoms with Crippen LogP contribution in [0.1, 0.15) is 11.3 Å². The third-order valence-corrected chi connectivity index (χ3v) is 3.12. The standard InChI is InChI=1S/C12H11F2N3S/c1-7-4-11(15)17-12(16-7)18-6-8-2-3-9(13)5-10(8)14/h2-5H,6H2,1H3,(H2,15,16,17). The summed E-state index contributed by atoms with van der Waals surface area (Å²) in [6, 6.07) is 5.16. The molecule has 18 heavy (non-hydrogen) atoms. The first kappa shape index (κ1) is 12.8. The van der Waals surface area contributed by atoms with E-state index in [-0.39, 0.29) is 0 Å². The van der Waals surface area contributed by atoms with Crippen molar-refractivity contribution in [3.63, 3.8) is 0 Å². The number of halogens is 2. The van der Waals surface area contributed by atoms with Crippen molar-refractivity contribution in [3.05, 3.63) is 47.2 Å². The van der Waals surface area contributed by atoms with Crippen molar-refractivity contribution in [2.24, 2.45) is 0 Å². The van der Waals surface area contributed by atoms with E-state index in [0.717, 1.165) is 11.8 Å². The summed E-state index contributed by atoms with van der Waals surface area (Å²) in [4.78, 5) is 8.20. The average Bonchev–Trinajstić information content (AvgIpc) is 2.26. The van der Waals surface area contributed by atoms with Crippen LogP contribution in [0.25, 0.3) is 0 Å². The Morgan fingerprint density at radius 2 is 2.00 bits per heavy atom. The molecule has 3 nitrogen and oxygen atoms in total. The van der Waals surface area contributed by atoms with Crippen LogP contribution in [0.3, 0.4) is 0 Å². The minimum atomic E-state index is -0.586. The Morgan fingerprint density at radius 3 is 2.67 bits per heavy atom. The molecular formula is C12H11F2N3S. The van der Waals surface area contributed by atoms with Gasteiger partial charge in [0.2, 0.25) is 0 Å². The smallest absolute Gasteiger partial charge is 0.190 e. The van der Waals surface area contributed by atoms with Gasteiger partial charge in [0.15, 0.2) is 5.16 Å². The van der Waals surface area contributed by atoms with Gasteiger partial charge in [0.05, 0.1) is 0 Å². The number of benzene rings is 1. The summed E-state index contributed by atoms with van der Waals surface area (Å²) in [5.74, 6) is -0.445. The maximum atomic E-state index is 13.4. The van der Waals surface area contributed by atoms with Crippen molar-refractivity contribution >= 4 is 17.6 Å². The molecule has 0 radical (unpaired) electrons. The molecule has 0 atom stereocenters. The van der Waals surface area contributed by atoms with Crippen LogP contribution < -0.4 is 5.73 Å². The fourth-order valence-electron chi connectivity index (χ4n) is 1.41. The van der Waals surface area contributed by atoms with E-state index in [1.807, 2.05) is 0 Å². The maximum Gasteiger partial charge on any atom is 0.190 e. The molecule has 0 bridgehead atoms. The molecule has 0 amide bonds. The van der Waals surface area contributed by atoms with Gasteiger partial charge in [0.25, 0.3) is 0 Å². The number of rotatable bonds is 3. The molecule has 0 aliphatic rings. The summed E-state index contributed by atoms with van der Waals surface area (Å²) < 4.78 is 26.1. The largest absolute Gasteiger partial charge is 0.384 e. The van der Waals surface area contributed by atoms with Gasteiger partial charge in [-0.1, -0.05) is 17.8 Å². The first-order valence-electron chi connectivity index (χ1n) is 5.22. The highest BCUT2D eigenvalue weighted by molar-refractivity contribution is 7.98. The van der Waals surface area contributed by atoms with Gasteiger partial charge in [-0.05, 0) is 18.6 Å². The number of nitrogens with zero attached hydrogens (tertiary/aromatic N) is 2. The topological polar surface area (TPSA) is 51.8 Å². The van der Waals surface area contributed by atoms with Gasteiger partial charge < -0.3 is 5.73 Å². The molecule has 1 heterocycles. The molecule has 0 fully saturated rings. The zero-order valence-corrected chi connectivity index (χ0v) is 10.5. The molecular weight excluding hydrogens is 256 g/mol. The molecule has 0 aliphatic carbocycles. The van der Waals surface area contributed by atoms with Gasteiger partial charge in [0.1, 0.15) is 17.5 Å². The monoisotopic (exact) mass is 267 g/mol. The molecule has 6 heteroatoms. The Labute approximate surface area is 107 Å². The number of hydrogen-bond donors (Lipinski definition) is 1. The lowest BCUT2D eigenvalue weighted by Gasteiger charge is -2.04. The summed E-state index contributed by atoms with van der Waals surface area (Å²) in [7, 11) is 0. The number of hydrogen-bond acceptors (Lipinski definition) is 4. The van der Waals surface area contributed by atoms with Crippen molar-refractivity contribution < 1.29 is 8.78 Å². The van der Waals surface area contributed by atoms with E-state index in [1.54, 1.807) is 13.0 Å². The van der Waals surface area contributed by atoms with Crippen LogP contribution in [0.2, 0.25) is 0 Å².